The van der Waals surface area contributed by atoms with E-state index in [9.17, 15) is 9.90 Å². The summed E-state index contributed by atoms with van der Waals surface area (Å²) in [6.07, 6.45) is 6.66. The number of allylic oxidation sites excluding steroid dienone is 4. The van der Waals surface area contributed by atoms with E-state index in [4.69, 9.17) is 0 Å². The number of hydrogen-bond donors (Lipinski definition) is 1. The van der Waals surface area contributed by atoms with Crippen LogP contribution in [0.2, 0.25) is 0 Å². The van der Waals surface area contributed by atoms with Crippen LogP contribution in [0.1, 0.15) is 17.3 Å². The first-order valence-corrected chi connectivity index (χ1v) is 4.37. The fourth-order valence-corrected chi connectivity index (χ4v) is 1.03. The van der Waals surface area contributed by atoms with Crippen LogP contribution >= 0.6 is 0 Å². The maximum absolute atomic E-state index is 11.5. The molecule has 2 nitrogen and oxygen atoms in total. The molecular formula is C12H12O2. The summed E-state index contributed by atoms with van der Waals surface area (Å²) in [6.45, 7) is 1.87. The molecular weight excluding hydrogens is 176 g/mol. The van der Waals surface area contributed by atoms with E-state index in [0.717, 1.165) is 0 Å². The van der Waals surface area contributed by atoms with Gasteiger partial charge in [0.05, 0.1) is 5.56 Å². The molecule has 0 bridgehead atoms. The van der Waals surface area contributed by atoms with Crippen molar-refractivity contribution in [2.45, 2.75) is 6.92 Å². The maximum atomic E-state index is 11.5. The average Bonchev–Trinajstić information content (AvgIpc) is 2.18. The van der Waals surface area contributed by atoms with Gasteiger partial charge in [0.1, 0.15) is 5.75 Å². The van der Waals surface area contributed by atoms with E-state index in [1.807, 2.05) is 13.0 Å². The van der Waals surface area contributed by atoms with Gasteiger partial charge in [-0.1, -0.05) is 30.4 Å². The Morgan fingerprint density at radius 3 is 2.64 bits per heavy atom. The number of rotatable bonds is 3. The molecule has 1 aromatic carbocycles. The van der Waals surface area contributed by atoms with E-state index in [2.05, 4.69) is 0 Å². The molecule has 2 heteroatoms. The molecule has 1 rings (SSSR count). The molecule has 1 N–H and O–H groups in total. The molecule has 0 saturated heterocycles. The SMILES string of the molecule is C/C=C/C=C/C(=O)c1ccccc1O. The van der Waals surface area contributed by atoms with Crippen molar-refractivity contribution in [3.8, 4) is 5.75 Å². The van der Waals surface area contributed by atoms with Gasteiger partial charge in [-0.25, -0.2) is 0 Å². The zero-order valence-corrected chi connectivity index (χ0v) is 7.97. The molecule has 0 heterocycles. The second-order valence-corrected chi connectivity index (χ2v) is 2.77. The summed E-state index contributed by atoms with van der Waals surface area (Å²) in [5.41, 5.74) is 0.327. The second kappa shape index (κ2) is 5.02. The summed E-state index contributed by atoms with van der Waals surface area (Å²) in [7, 11) is 0. The summed E-state index contributed by atoms with van der Waals surface area (Å²) < 4.78 is 0. The number of hydrogen-bond acceptors (Lipinski definition) is 2. The Morgan fingerprint density at radius 1 is 1.29 bits per heavy atom. The average molecular weight is 188 g/mol. The molecule has 0 atom stereocenters. The maximum Gasteiger partial charge on any atom is 0.189 e. The Kier molecular flexibility index (Phi) is 3.68. The van der Waals surface area contributed by atoms with Crippen molar-refractivity contribution in [1.29, 1.82) is 0 Å². The largest absolute Gasteiger partial charge is 0.507 e. The third-order valence-corrected chi connectivity index (χ3v) is 1.72. The quantitative estimate of drug-likeness (QED) is 0.450. The Bertz CT molecular complexity index is 376. The van der Waals surface area contributed by atoms with Gasteiger partial charge in [0.25, 0.3) is 0 Å². The predicted octanol–water partition coefficient (Wildman–Crippen LogP) is 2.71. The first-order valence-electron chi connectivity index (χ1n) is 4.37. The molecule has 0 unspecified atom stereocenters. The molecule has 0 saturated carbocycles. The van der Waals surface area contributed by atoms with Gasteiger partial charge in [0.2, 0.25) is 0 Å². The number of aromatic hydroxyl groups is 1. The van der Waals surface area contributed by atoms with Crippen LogP contribution in [-0.2, 0) is 0 Å². The van der Waals surface area contributed by atoms with E-state index < -0.39 is 0 Å². The van der Waals surface area contributed by atoms with Crippen LogP contribution in [0, 0.1) is 0 Å². The van der Waals surface area contributed by atoms with Gasteiger partial charge in [-0.2, -0.15) is 0 Å². The molecule has 14 heavy (non-hydrogen) atoms. The van der Waals surface area contributed by atoms with Crippen molar-refractivity contribution < 1.29 is 9.90 Å². The van der Waals surface area contributed by atoms with Crippen molar-refractivity contribution in [2.24, 2.45) is 0 Å². The molecule has 0 aliphatic rings. The van der Waals surface area contributed by atoms with Crippen LogP contribution in [0.15, 0.2) is 48.6 Å². The lowest BCUT2D eigenvalue weighted by molar-refractivity contribution is 0.104. The van der Waals surface area contributed by atoms with Crippen LogP contribution in [0.25, 0.3) is 0 Å². The number of benzene rings is 1. The van der Waals surface area contributed by atoms with E-state index in [1.165, 1.54) is 12.1 Å². The van der Waals surface area contributed by atoms with E-state index in [1.54, 1.807) is 30.4 Å². The highest BCUT2D eigenvalue weighted by atomic mass is 16.3. The Hall–Kier alpha value is -1.83. The standard InChI is InChI=1S/C12H12O2/c1-2-3-4-8-11(13)10-7-5-6-9-12(10)14/h2-9,14H,1H3/b3-2+,8-4+. The summed E-state index contributed by atoms with van der Waals surface area (Å²) in [5.74, 6) is -0.177. The first kappa shape index (κ1) is 10.3. The minimum atomic E-state index is -0.193. The Labute approximate surface area is 83.2 Å². The van der Waals surface area contributed by atoms with Crippen LogP contribution in [0.3, 0.4) is 0 Å². The van der Waals surface area contributed by atoms with Gasteiger partial charge in [0.15, 0.2) is 5.78 Å². The molecule has 0 radical (unpaired) electrons. The number of phenolic OH excluding ortho intramolecular Hbond substituents is 1. The van der Waals surface area contributed by atoms with Gasteiger partial charge < -0.3 is 5.11 Å². The van der Waals surface area contributed by atoms with Gasteiger partial charge in [-0.15, -0.1) is 0 Å². The van der Waals surface area contributed by atoms with Crippen molar-refractivity contribution in [2.75, 3.05) is 0 Å². The summed E-state index contributed by atoms with van der Waals surface area (Å²) in [6, 6.07) is 6.49. The highest BCUT2D eigenvalue weighted by Gasteiger charge is 2.05. The summed E-state index contributed by atoms with van der Waals surface area (Å²) >= 11 is 0. The zero-order valence-electron chi connectivity index (χ0n) is 7.97. The smallest absolute Gasteiger partial charge is 0.189 e. The highest BCUT2D eigenvalue weighted by Crippen LogP contribution is 2.16. The normalized spacial score (nSPS) is 11.2. The molecule has 72 valence electrons. The molecule has 0 aliphatic carbocycles. The monoisotopic (exact) mass is 188 g/mol. The summed E-state index contributed by atoms with van der Waals surface area (Å²) in [4.78, 5) is 11.5. The van der Waals surface area contributed by atoms with Crippen LogP contribution in [0.4, 0.5) is 0 Å². The van der Waals surface area contributed by atoms with Gasteiger partial charge in [0, 0.05) is 0 Å². The van der Waals surface area contributed by atoms with E-state index in [-0.39, 0.29) is 11.5 Å². The fourth-order valence-electron chi connectivity index (χ4n) is 1.03. The zero-order chi connectivity index (χ0) is 10.4. The summed E-state index contributed by atoms with van der Waals surface area (Å²) in [5, 5.41) is 9.36. The lowest BCUT2D eigenvalue weighted by atomic mass is 10.1. The van der Waals surface area contributed by atoms with Crippen LogP contribution < -0.4 is 0 Å². The number of ketones is 1. The van der Waals surface area contributed by atoms with Crippen molar-refractivity contribution in [3.63, 3.8) is 0 Å². The van der Waals surface area contributed by atoms with Crippen molar-refractivity contribution >= 4 is 5.78 Å². The number of carbonyl (C=O) groups excluding carboxylic acids is 1. The molecule has 0 aromatic heterocycles. The third kappa shape index (κ3) is 2.59. The number of phenols is 1. The topological polar surface area (TPSA) is 37.3 Å². The van der Waals surface area contributed by atoms with E-state index in [0.29, 0.717) is 5.56 Å². The lowest BCUT2D eigenvalue weighted by Gasteiger charge is -1.97. The molecule has 0 spiro atoms. The van der Waals surface area contributed by atoms with Crippen LogP contribution in [0.5, 0.6) is 5.75 Å². The molecule has 1 aromatic rings. The van der Waals surface area contributed by atoms with Crippen LogP contribution in [-0.4, -0.2) is 10.9 Å². The predicted molar refractivity (Wildman–Crippen MR) is 56.4 cm³/mol. The highest BCUT2D eigenvalue weighted by molar-refractivity contribution is 6.06. The fraction of sp³-hybridized carbons (Fsp3) is 0.0833. The van der Waals surface area contributed by atoms with Gasteiger partial charge in [-0.05, 0) is 25.1 Å². The number of carbonyl (C=O) groups is 1. The molecule has 0 amide bonds. The lowest BCUT2D eigenvalue weighted by Crippen LogP contribution is -1.93. The van der Waals surface area contributed by atoms with E-state index >= 15 is 0 Å². The molecule has 0 aliphatic heterocycles. The van der Waals surface area contributed by atoms with Crippen molar-refractivity contribution in [1.82, 2.24) is 0 Å². The first-order chi connectivity index (χ1) is 6.75. The minimum Gasteiger partial charge on any atom is -0.507 e. The Balaban J connectivity index is 2.85. The number of para-hydroxylation sites is 1. The third-order valence-electron chi connectivity index (χ3n) is 1.72. The van der Waals surface area contributed by atoms with Crippen molar-refractivity contribution in [3.05, 3.63) is 54.1 Å². The molecule has 0 fully saturated rings. The van der Waals surface area contributed by atoms with Gasteiger partial charge >= 0.3 is 0 Å². The second-order valence-electron chi connectivity index (χ2n) is 2.77. The van der Waals surface area contributed by atoms with Gasteiger partial charge in [-0.3, -0.25) is 4.79 Å². The minimum absolute atomic E-state index is 0.0163. The Morgan fingerprint density at radius 2 is 2.00 bits per heavy atom.